The Balaban J connectivity index is 2.20. The van der Waals surface area contributed by atoms with Gasteiger partial charge < -0.3 is 20.1 Å². The summed E-state index contributed by atoms with van der Waals surface area (Å²) in [4.78, 5) is 24.3. The fraction of sp³-hybridized carbons (Fsp3) is 0.846. The van der Waals surface area contributed by atoms with Crippen molar-refractivity contribution in [2.75, 3.05) is 32.8 Å². The van der Waals surface area contributed by atoms with Crippen molar-refractivity contribution in [3.63, 3.8) is 0 Å². The molecule has 0 aliphatic carbocycles. The van der Waals surface area contributed by atoms with Gasteiger partial charge in [-0.25, -0.2) is 4.79 Å². The second-order valence-corrected chi connectivity index (χ2v) is 5.32. The van der Waals surface area contributed by atoms with E-state index in [4.69, 9.17) is 9.84 Å². The Bertz CT molecular complexity index is 307. The molecule has 1 aliphatic heterocycles. The number of hydrogen-bond donors (Lipinski definition) is 2. The van der Waals surface area contributed by atoms with Crippen LogP contribution in [0.2, 0.25) is 0 Å². The van der Waals surface area contributed by atoms with Crippen molar-refractivity contribution < 1.29 is 19.4 Å². The number of nitrogens with one attached hydrogen (secondary N) is 1. The topological polar surface area (TPSA) is 78.9 Å². The van der Waals surface area contributed by atoms with Crippen LogP contribution in [0.25, 0.3) is 0 Å². The molecule has 1 rings (SSSR count). The van der Waals surface area contributed by atoms with Crippen molar-refractivity contribution in [1.82, 2.24) is 10.2 Å². The number of carbonyl (C=O) groups excluding carboxylic acids is 1. The maximum absolute atomic E-state index is 11.8. The highest BCUT2D eigenvalue weighted by Gasteiger charge is 2.27. The van der Waals surface area contributed by atoms with E-state index in [1.54, 1.807) is 4.90 Å². The number of carbonyl (C=O) groups is 2. The van der Waals surface area contributed by atoms with Crippen LogP contribution in [-0.4, -0.2) is 54.9 Å². The number of hydrogen-bond acceptors (Lipinski definition) is 3. The molecule has 0 aromatic heterocycles. The van der Waals surface area contributed by atoms with Gasteiger partial charge in [0.1, 0.15) is 0 Å². The van der Waals surface area contributed by atoms with E-state index in [2.05, 4.69) is 19.2 Å². The first-order valence-corrected chi connectivity index (χ1v) is 6.84. The van der Waals surface area contributed by atoms with Crippen LogP contribution in [0.1, 0.15) is 26.7 Å². The monoisotopic (exact) mass is 272 g/mol. The van der Waals surface area contributed by atoms with Gasteiger partial charge in [0.25, 0.3) is 0 Å². The van der Waals surface area contributed by atoms with Gasteiger partial charge in [-0.05, 0) is 18.8 Å². The van der Waals surface area contributed by atoms with Crippen LogP contribution in [0, 0.1) is 11.8 Å². The Morgan fingerprint density at radius 2 is 2.21 bits per heavy atom. The van der Waals surface area contributed by atoms with Crippen molar-refractivity contribution >= 4 is 12.0 Å². The molecule has 0 unspecified atom stereocenters. The summed E-state index contributed by atoms with van der Waals surface area (Å²) in [6.45, 7) is 6.69. The Labute approximate surface area is 114 Å². The smallest absolute Gasteiger partial charge is 0.317 e. The van der Waals surface area contributed by atoms with Crippen molar-refractivity contribution in [1.29, 1.82) is 0 Å². The van der Waals surface area contributed by atoms with Gasteiger partial charge in [-0.15, -0.1) is 0 Å². The molecule has 19 heavy (non-hydrogen) atoms. The fourth-order valence-electron chi connectivity index (χ4n) is 2.02. The van der Waals surface area contributed by atoms with Gasteiger partial charge in [-0.1, -0.05) is 13.8 Å². The predicted octanol–water partition coefficient (Wildman–Crippen LogP) is 1.17. The summed E-state index contributed by atoms with van der Waals surface area (Å²) < 4.78 is 5.36. The Kier molecular flexibility index (Phi) is 6.62. The normalized spacial score (nSPS) is 19.5. The lowest BCUT2D eigenvalue weighted by Crippen LogP contribution is -2.47. The Hall–Kier alpha value is -1.30. The average Bonchev–Trinajstić information content (AvgIpc) is 2.37. The van der Waals surface area contributed by atoms with Crippen LogP contribution >= 0.6 is 0 Å². The zero-order valence-electron chi connectivity index (χ0n) is 11.7. The van der Waals surface area contributed by atoms with Crippen molar-refractivity contribution in [3.05, 3.63) is 0 Å². The standard InChI is InChI=1S/C13H24N2O4/c1-10(2)9-19-7-5-14-13(18)15-6-3-4-11(8-15)12(16)17/h10-11H,3-9H2,1-2H3,(H,14,18)(H,16,17)/t11-/m0/s1. The van der Waals surface area contributed by atoms with Crippen LogP contribution < -0.4 is 5.32 Å². The first-order valence-electron chi connectivity index (χ1n) is 6.84. The van der Waals surface area contributed by atoms with Gasteiger partial charge in [0.05, 0.1) is 12.5 Å². The minimum Gasteiger partial charge on any atom is -0.481 e. The van der Waals surface area contributed by atoms with Gasteiger partial charge in [-0.2, -0.15) is 0 Å². The van der Waals surface area contributed by atoms with Gasteiger partial charge in [0.2, 0.25) is 0 Å². The van der Waals surface area contributed by atoms with Gasteiger partial charge in [0, 0.05) is 26.2 Å². The third-order valence-electron chi connectivity index (χ3n) is 3.03. The number of urea groups is 1. The molecule has 2 amide bonds. The van der Waals surface area contributed by atoms with Crippen molar-refractivity contribution in [2.24, 2.45) is 11.8 Å². The van der Waals surface area contributed by atoms with E-state index in [0.717, 1.165) is 6.42 Å². The van der Waals surface area contributed by atoms with Gasteiger partial charge in [-0.3, -0.25) is 4.79 Å². The molecule has 6 heteroatoms. The molecule has 2 N–H and O–H groups in total. The number of carboxylic acids is 1. The second-order valence-electron chi connectivity index (χ2n) is 5.32. The highest BCUT2D eigenvalue weighted by atomic mass is 16.5. The summed E-state index contributed by atoms with van der Waals surface area (Å²) in [6.07, 6.45) is 1.39. The molecule has 1 aliphatic rings. The molecule has 1 saturated heterocycles. The Morgan fingerprint density at radius 1 is 1.47 bits per heavy atom. The van der Waals surface area contributed by atoms with Crippen LogP contribution in [0.3, 0.4) is 0 Å². The molecule has 0 saturated carbocycles. The first kappa shape index (κ1) is 15.8. The summed E-state index contributed by atoms with van der Waals surface area (Å²) in [5.41, 5.74) is 0. The molecule has 0 aromatic carbocycles. The van der Waals surface area contributed by atoms with E-state index in [1.807, 2.05) is 0 Å². The molecule has 1 atom stereocenters. The van der Waals surface area contributed by atoms with Crippen molar-refractivity contribution in [3.8, 4) is 0 Å². The van der Waals surface area contributed by atoms with E-state index in [9.17, 15) is 9.59 Å². The Morgan fingerprint density at radius 3 is 2.84 bits per heavy atom. The molecular weight excluding hydrogens is 248 g/mol. The van der Waals surface area contributed by atoms with Gasteiger partial charge in [0.15, 0.2) is 0 Å². The van der Waals surface area contributed by atoms with Crippen molar-refractivity contribution in [2.45, 2.75) is 26.7 Å². The largest absolute Gasteiger partial charge is 0.481 e. The third kappa shape index (κ3) is 5.92. The molecule has 0 spiro atoms. The van der Waals surface area contributed by atoms with Crippen LogP contribution in [0.5, 0.6) is 0 Å². The molecule has 0 radical (unpaired) electrons. The van der Waals surface area contributed by atoms with E-state index < -0.39 is 11.9 Å². The molecule has 0 aromatic rings. The molecule has 6 nitrogen and oxygen atoms in total. The lowest BCUT2D eigenvalue weighted by atomic mass is 9.99. The number of piperidine rings is 1. The van der Waals surface area contributed by atoms with E-state index in [-0.39, 0.29) is 6.03 Å². The summed E-state index contributed by atoms with van der Waals surface area (Å²) in [6, 6.07) is -0.195. The molecule has 110 valence electrons. The summed E-state index contributed by atoms with van der Waals surface area (Å²) in [5, 5.41) is 11.7. The lowest BCUT2D eigenvalue weighted by molar-refractivity contribution is -0.143. The summed E-state index contributed by atoms with van der Waals surface area (Å²) >= 11 is 0. The number of likely N-dealkylation sites (tertiary alicyclic amines) is 1. The fourth-order valence-corrected chi connectivity index (χ4v) is 2.02. The molecule has 0 bridgehead atoms. The number of aliphatic carboxylic acids is 1. The third-order valence-corrected chi connectivity index (χ3v) is 3.03. The second kappa shape index (κ2) is 7.99. The predicted molar refractivity (Wildman–Crippen MR) is 71.0 cm³/mol. The first-order chi connectivity index (χ1) is 9.00. The van der Waals surface area contributed by atoms with E-state index in [1.165, 1.54) is 0 Å². The lowest BCUT2D eigenvalue weighted by Gasteiger charge is -2.30. The number of rotatable bonds is 6. The SMILES string of the molecule is CC(C)COCCNC(=O)N1CCC[C@H](C(=O)O)C1. The number of nitrogens with zero attached hydrogens (tertiary/aromatic N) is 1. The maximum Gasteiger partial charge on any atom is 0.317 e. The number of amides is 2. The van der Waals surface area contributed by atoms with E-state index in [0.29, 0.717) is 45.2 Å². The minimum atomic E-state index is -0.822. The zero-order chi connectivity index (χ0) is 14.3. The number of carboxylic acid groups (broad SMARTS) is 1. The molecular formula is C13H24N2O4. The highest BCUT2D eigenvalue weighted by Crippen LogP contribution is 2.16. The zero-order valence-corrected chi connectivity index (χ0v) is 11.7. The molecule has 1 fully saturated rings. The quantitative estimate of drug-likeness (QED) is 0.711. The average molecular weight is 272 g/mol. The molecule has 1 heterocycles. The highest BCUT2D eigenvalue weighted by molar-refractivity contribution is 5.76. The minimum absolute atomic E-state index is 0.195. The number of ether oxygens (including phenoxy) is 1. The van der Waals surface area contributed by atoms with Crippen LogP contribution in [0.4, 0.5) is 4.79 Å². The summed E-state index contributed by atoms with van der Waals surface area (Å²) in [7, 11) is 0. The van der Waals surface area contributed by atoms with Crippen LogP contribution in [0.15, 0.2) is 0 Å². The van der Waals surface area contributed by atoms with E-state index >= 15 is 0 Å². The van der Waals surface area contributed by atoms with Crippen LogP contribution in [-0.2, 0) is 9.53 Å². The maximum atomic E-state index is 11.8. The summed E-state index contributed by atoms with van der Waals surface area (Å²) in [5.74, 6) is -0.774. The van der Waals surface area contributed by atoms with Gasteiger partial charge >= 0.3 is 12.0 Å².